The number of nitrogens with zero attached hydrogens (tertiary/aromatic N) is 7. The van der Waals surface area contributed by atoms with Gasteiger partial charge in [0.15, 0.2) is 5.95 Å². The zero-order valence-electron chi connectivity index (χ0n) is 8.51. The molecule has 2 heterocycles. The molecule has 4 N–H and O–H groups in total. The van der Waals surface area contributed by atoms with E-state index in [2.05, 4.69) is 41.0 Å². The summed E-state index contributed by atoms with van der Waals surface area (Å²) in [7, 11) is 1.26. The molecule has 0 aromatic carbocycles. The largest absolute Gasteiger partial charge is 0.452 e. The zero-order chi connectivity index (χ0) is 12.7. The molecule has 0 aliphatic heterocycles. The highest BCUT2D eigenvalue weighted by Gasteiger charge is 1.99. The molecule has 0 fully saturated rings. The van der Waals surface area contributed by atoms with Crippen LogP contribution in [-0.2, 0) is 0 Å². The molecule has 0 aliphatic rings. The third kappa shape index (κ3) is 3.94. The third-order valence-electron chi connectivity index (χ3n) is 1.24. The number of aromatic nitrogens is 7. The minimum atomic E-state index is -0.915. The average molecular weight is 244 g/mol. The van der Waals surface area contributed by atoms with Crippen LogP contribution >= 0.6 is 0 Å². The van der Waals surface area contributed by atoms with Crippen molar-refractivity contribution in [2.75, 3.05) is 12.8 Å². The van der Waals surface area contributed by atoms with Crippen LogP contribution in [0.1, 0.15) is 0 Å². The Balaban J connectivity index is 0.000000202. The highest BCUT2D eigenvalue weighted by molar-refractivity contribution is 5.21. The molecular weight excluding hydrogens is 236 g/mol. The average Bonchev–Trinajstić information content (AvgIpc) is 2.89. The number of hydrogen-bond acceptors (Lipinski definition) is 8. The first kappa shape index (κ1) is 12.1. The molecule has 0 radical (unpaired) electrons. The first-order chi connectivity index (χ1) is 8.13. The molecular formula is C4H8N10O3. The van der Waals surface area contributed by atoms with E-state index in [1.165, 1.54) is 13.4 Å². The van der Waals surface area contributed by atoms with Crippen molar-refractivity contribution in [3.05, 3.63) is 21.9 Å². The number of anilines is 1. The van der Waals surface area contributed by atoms with Crippen LogP contribution in [0.2, 0.25) is 0 Å². The summed E-state index contributed by atoms with van der Waals surface area (Å²) < 4.78 is 0. The van der Waals surface area contributed by atoms with Gasteiger partial charge in [0.1, 0.15) is 5.03 Å². The second-order valence-electron chi connectivity index (χ2n) is 2.30. The van der Waals surface area contributed by atoms with Crippen LogP contribution in [0.25, 0.3) is 5.43 Å². The fourth-order valence-corrected chi connectivity index (χ4v) is 0.660. The number of H-pyrrole nitrogens is 2. The van der Waals surface area contributed by atoms with E-state index in [9.17, 15) is 10.1 Å². The van der Waals surface area contributed by atoms with Gasteiger partial charge in [-0.15, -0.1) is 15.2 Å². The Morgan fingerprint density at radius 1 is 1.76 bits per heavy atom. The molecule has 92 valence electrons. The molecule has 13 heteroatoms. The molecule has 0 bridgehead atoms. The number of rotatable bonds is 3. The second-order valence-corrected chi connectivity index (χ2v) is 2.30. The van der Waals surface area contributed by atoms with Crippen LogP contribution in [0, 0.1) is 10.1 Å². The van der Waals surface area contributed by atoms with Crippen LogP contribution < -0.4 is 15.6 Å². The fourth-order valence-electron chi connectivity index (χ4n) is 0.660. The van der Waals surface area contributed by atoms with E-state index in [1.807, 2.05) is 0 Å². The van der Waals surface area contributed by atoms with Crippen LogP contribution in [0.3, 0.4) is 0 Å². The Bertz CT molecular complexity index is 450. The minimum Gasteiger partial charge on any atom is -0.452 e. The molecule has 0 saturated heterocycles. The van der Waals surface area contributed by atoms with Crippen molar-refractivity contribution in [1.29, 1.82) is 0 Å². The molecule has 2 aromatic heterocycles. The maximum atomic E-state index is 9.81. The molecule has 0 aliphatic carbocycles. The summed E-state index contributed by atoms with van der Waals surface area (Å²) in [4.78, 5) is 17.6. The molecule has 17 heavy (non-hydrogen) atoms. The first-order valence-electron chi connectivity index (χ1n) is 3.99. The van der Waals surface area contributed by atoms with Crippen LogP contribution in [0.15, 0.2) is 6.33 Å². The molecule has 0 spiro atoms. The minimum absolute atomic E-state index is 0.308. The van der Waals surface area contributed by atoms with Crippen LogP contribution in [0.4, 0.5) is 11.9 Å². The third-order valence-corrected chi connectivity index (χ3v) is 1.24. The predicted molar refractivity (Wildman–Crippen MR) is 49.9 cm³/mol. The summed E-state index contributed by atoms with van der Waals surface area (Å²) in [5.41, 5.74) is 7.92. The van der Waals surface area contributed by atoms with Crippen molar-refractivity contribution in [2.45, 2.75) is 0 Å². The summed E-state index contributed by atoms with van der Waals surface area (Å²) in [6, 6.07) is 0. The second kappa shape index (κ2) is 5.79. The van der Waals surface area contributed by atoms with Gasteiger partial charge in [-0.1, -0.05) is 10.6 Å². The molecule has 0 amide bonds. The number of nitrogens with two attached hydrogens (primary N) is 1. The predicted octanol–water partition coefficient (Wildman–Crippen LogP) is -2.27. The highest BCUT2D eigenvalue weighted by Crippen LogP contribution is 2.08. The Labute approximate surface area is 93.0 Å². The summed E-state index contributed by atoms with van der Waals surface area (Å²) in [6.45, 7) is 0. The van der Waals surface area contributed by atoms with Crippen molar-refractivity contribution in [1.82, 2.24) is 30.6 Å². The Kier molecular flexibility index (Phi) is 4.11. The summed E-state index contributed by atoms with van der Waals surface area (Å²) in [5.74, 6) is 0.174. The standard InChI is InChI=1S/C2H3N6O3.C2H4N4/c1-11-7-2(3-5-6-7)4-8(9)10;3-2-4-1-5-6-2/h1H3;1H,(H3,3,4,5,6)/q-1;/p+1. The fraction of sp³-hybridized carbons (Fsp3) is 0.250. The lowest BCUT2D eigenvalue weighted by molar-refractivity contribution is -0.420. The zero-order valence-corrected chi connectivity index (χ0v) is 8.51. The van der Waals surface area contributed by atoms with E-state index in [0.29, 0.717) is 5.95 Å². The Morgan fingerprint density at radius 3 is 2.94 bits per heavy atom. The van der Waals surface area contributed by atoms with Crippen molar-refractivity contribution in [3.8, 4) is 0 Å². The molecule has 2 aromatic rings. The van der Waals surface area contributed by atoms with Gasteiger partial charge >= 0.3 is 5.95 Å². The van der Waals surface area contributed by atoms with Crippen molar-refractivity contribution >= 4 is 11.9 Å². The highest BCUT2D eigenvalue weighted by atomic mass is 16.7. The molecule has 0 unspecified atom stereocenters. The van der Waals surface area contributed by atoms with Gasteiger partial charge in [-0.05, 0) is 5.10 Å². The lowest BCUT2D eigenvalue weighted by Gasteiger charge is -2.04. The van der Waals surface area contributed by atoms with E-state index in [4.69, 9.17) is 5.73 Å². The summed E-state index contributed by atoms with van der Waals surface area (Å²) in [5, 5.41) is 24.4. The molecule has 13 nitrogen and oxygen atoms in total. The monoisotopic (exact) mass is 244 g/mol. The maximum absolute atomic E-state index is 9.81. The number of nitrogen functional groups attached to an aromatic ring is 1. The van der Waals surface area contributed by atoms with Gasteiger partial charge in [-0.2, -0.15) is 0 Å². The number of hydrogen-bond donors (Lipinski definition) is 2. The number of aromatic amines is 2. The van der Waals surface area contributed by atoms with E-state index in [0.717, 1.165) is 4.85 Å². The Morgan fingerprint density at radius 2 is 2.53 bits per heavy atom. The summed E-state index contributed by atoms with van der Waals surface area (Å²) >= 11 is 0. The topological polar surface area (TPSA) is 179 Å². The van der Waals surface area contributed by atoms with Crippen molar-refractivity contribution < 1.29 is 14.9 Å². The lowest BCUT2D eigenvalue weighted by Crippen LogP contribution is -2.08. The summed E-state index contributed by atoms with van der Waals surface area (Å²) in [6.07, 6.45) is 1.48. The smallest absolute Gasteiger partial charge is 0.337 e. The molecule has 0 saturated carbocycles. The van der Waals surface area contributed by atoms with Gasteiger partial charge in [0, 0.05) is 0 Å². The first-order valence-corrected chi connectivity index (χ1v) is 3.99. The van der Waals surface area contributed by atoms with E-state index >= 15 is 0 Å². The molecule has 2 rings (SSSR count). The van der Waals surface area contributed by atoms with E-state index in [1.54, 1.807) is 0 Å². The van der Waals surface area contributed by atoms with Crippen molar-refractivity contribution in [3.63, 3.8) is 0 Å². The maximum Gasteiger partial charge on any atom is 0.337 e. The quantitative estimate of drug-likeness (QED) is 0.448. The number of nitro groups is 1. The lowest BCUT2D eigenvalue weighted by atomic mass is 11.1. The molecule has 0 atom stereocenters. The van der Waals surface area contributed by atoms with E-state index in [-0.39, 0.29) is 5.95 Å². The van der Waals surface area contributed by atoms with Gasteiger partial charge in [0.05, 0.1) is 7.11 Å². The number of tetrazole rings is 1. The van der Waals surface area contributed by atoms with Gasteiger partial charge in [0.2, 0.25) is 6.33 Å². The van der Waals surface area contributed by atoms with Gasteiger partial charge < -0.3 is 10.6 Å². The van der Waals surface area contributed by atoms with Crippen molar-refractivity contribution in [2.24, 2.45) is 0 Å². The van der Waals surface area contributed by atoms with Gasteiger partial charge in [-0.25, -0.2) is 20.2 Å². The normalized spacial score (nSPS) is 9.00. The Hall–Kier alpha value is -2.99. The van der Waals surface area contributed by atoms with Gasteiger partial charge in [-0.3, -0.25) is 0 Å². The van der Waals surface area contributed by atoms with Gasteiger partial charge in [0.25, 0.3) is 0 Å². The van der Waals surface area contributed by atoms with Crippen LogP contribution in [0.5, 0.6) is 0 Å². The van der Waals surface area contributed by atoms with E-state index < -0.39 is 5.03 Å². The van der Waals surface area contributed by atoms with Crippen LogP contribution in [-0.4, -0.2) is 42.7 Å². The SMILES string of the molecule is COn1nnnc1[N-][N+](=O)[O-].Nc1[nH]nc[nH+]1. The number of nitrogens with one attached hydrogen (secondary N) is 2.